The smallest absolute Gasteiger partial charge is 0.240 e. The summed E-state index contributed by atoms with van der Waals surface area (Å²) in [6.45, 7) is 4.95. The summed E-state index contributed by atoms with van der Waals surface area (Å²) in [5.74, 6) is -1.67. The summed E-state index contributed by atoms with van der Waals surface area (Å²) >= 11 is 0. The number of ether oxygens (including phenoxy) is 1. The normalized spacial score (nSPS) is 19.8. The predicted octanol–water partition coefficient (Wildman–Crippen LogP) is 3.73. The van der Waals surface area contributed by atoms with Crippen molar-refractivity contribution in [3.63, 3.8) is 0 Å². The van der Waals surface area contributed by atoms with Crippen LogP contribution in [0.3, 0.4) is 0 Å². The molecule has 12 heteroatoms. The van der Waals surface area contributed by atoms with Gasteiger partial charge >= 0.3 is 0 Å². The SMILES string of the molecule is CC(C)(F)c1noc(CN2CCC(Oc3c(F)cc(C4CCN(S(C)(=O)=O)CC4)cc3F)CC2)n1. The van der Waals surface area contributed by atoms with Gasteiger partial charge in [-0.2, -0.15) is 4.98 Å². The molecule has 2 fully saturated rings. The first-order valence-electron chi connectivity index (χ1n) is 11.7. The molecule has 3 heterocycles. The molecule has 0 unspecified atom stereocenters. The Hall–Kier alpha value is -2.18. The van der Waals surface area contributed by atoms with Crippen LogP contribution in [0, 0.1) is 11.6 Å². The number of rotatable bonds is 7. The van der Waals surface area contributed by atoms with Gasteiger partial charge < -0.3 is 9.26 Å². The Labute approximate surface area is 203 Å². The van der Waals surface area contributed by atoms with Crippen LogP contribution >= 0.6 is 0 Å². The number of alkyl halides is 1. The summed E-state index contributed by atoms with van der Waals surface area (Å²) in [7, 11) is -3.26. The number of sulfonamides is 1. The van der Waals surface area contributed by atoms with Gasteiger partial charge in [0.1, 0.15) is 6.10 Å². The summed E-state index contributed by atoms with van der Waals surface area (Å²) in [4.78, 5) is 6.13. The van der Waals surface area contributed by atoms with E-state index in [2.05, 4.69) is 10.1 Å². The molecular weight excluding hydrogens is 485 g/mol. The van der Waals surface area contributed by atoms with Crippen molar-refractivity contribution in [1.82, 2.24) is 19.3 Å². The van der Waals surface area contributed by atoms with Crippen LogP contribution in [-0.4, -0.2) is 66.3 Å². The lowest BCUT2D eigenvalue weighted by atomic mass is 9.90. The highest BCUT2D eigenvalue weighted by molar-refractivity contribution is 7.88. The van der Waals surface area contributed by atoms with Gasteiger partial charge in [-0.3, -0.25) is 4.90 Å². The molecule has 0 bridgehead atoms. The van der Waals surface area contributed by atoms with E-state index in [0.29, 0.717) is 69.9 Å². The maximum atomic E-state index is 14.8. The monoisotopic (exact) mass is 516 g/mol. The van der Waals surface area contributed by atoms with Crippen molar-refractivity contribution in [3.05, 3.63) is 41.0 Å². The number of benzene rings is 1. The van der Waals surface area contributed by atoms with E-state index in [9.17, 15) is 21.6 Å². The third-order valence-corrected chi connectivity index (χ3v) is 7.90. The molecule has 2 aliphatic heterocycles. The number of likely N-dealkylation sites (tertiary alicyclic amines) is 1. The molecule has 8 nitrogen and oxygen atoms in total. The minimum Gasteiger partial charge on any atom is -0.484 e. The van der Waals surface area contributed by atoms with Crippen LogP contribution in [0.15, 0.2) is 16.7 Å². The second-order valence-electron chi connectivity index (χ2n) is 9.83. The standard InChI is InChI=1S/C23H31F3N4O4S/c1-23(2,26)22-27-20(34-28-22)14-29-8-6-17(7-9-29)33-21-18(24)12-16(13-19(21)25)15-4-10-30(11-5-15)35(3,31)32/h12-13,15,17H,4-11,14H2,1-3H3. The molecule has 0 spiro atoms. The van der Waals surface area contributed by atoms with E-state index < -0.39 is 27.3 Å². The van der Waals surface area contributed by atoms with Crippen LogP contribution in [0.2, 0.25) is 0 Å². The maximum absolute atomic E-state index is 14.8. The molecule has 0 atom stereocenters. The van der Waals surface area contributed by atoms with Crippen molar-refractivity contribution in [1.29, 1.82) is 0 Å². The molecule has 1 aromatic carbocycles. The van der Waals surface area contributed by atoms with Crippen molar-refractivity contribution in [2.75, 3.05) is 32.4 Å². The van der Waals surface area contributed by atoms with Gasteiger partial charge in [-0.1, -0.05) is 5.16 Å². The highest BCUT2D eigenvalue weighted by Crippen LogP contribution is 2.34. The third kappa shape index (κ3) is 6.34. The third-order valence-electron chi connectivity index (χ3n) is 6.59. The molecule has 1 aromatic heterocycles. The van der Waals surface area contributed by atoms with Gasteiger partial charge in [0.25, 0.3) is 0 Å². The van der Waals surface area contributed by atoms with Crippen LogP contribution in [0.1, 0.15) is 62.7 Å². The number of piperidine rings is 2. The number of halogens is 3. The van der Waals surface area contributed by atoms with Crippen molar-refractivity contribution < 1.29 is 30.8 Å². The van der Waals surface area contributed by atoms with E-state index in [1.807, 2.05) is 4.90 Å². The lowest BCUT2D eigenvalue weighted by Crippen LogP contribution is -2.38. The fourth-order valence-corrected chi connectivity index (χ4v) is 5.43. The van der Waals surface area contributed by atoms with Gasteiger partial charge in [0.15, 0.2) is 23.1 Å². The first-order chi connectivity index (χ1) is 16.4. The van der Waals surface area contributed by atoms with Gasteiger partial charge in [0, 0.05) is 26.2 Å². The Kier molecular flexibility index (Phi) is 7.44. The maximum Gasteiger partial charge on any atom is 0.240 e. The van der Waals surface area contributed by atoms with Crippen LogP contribution < -0.4 is 4.74 Å². The minimum atomic E-state index is -3.26. The molecule has 0 aliphatic carbocycles. The fraction of sp³-hybridized carbons (Fsp3) is 0.652. The number of hydrogen-bond acceptors (Lipinski definition) is 7. The van der Waals surface area contributed by atoms with E-state index in [1.165, 1.54) is 30.3 Å². The van der Waals surface area contributed by atoms with Gasteiger partial charge in [-0.25, -0.2) is 25.9 Å². The lowest BCUT2D eigenvalue weighted by Gasteiger charge is -2.32. The zero-order valence-corrected chi connectivity index (χ0v) is 21.0. The van der Waals surface area contributed by atoms with Crippen molar-refractivity contribution in [3.8, 4) is 5.75 Å². The Morgan fingerprint density at radius 3 is 2.20 bits per heavy atom. The highest BCUT2D eigenvalue weighted by atomic mass is 32.2. The van der Waals surface area contributed by atoms with Crippen LogP contribution in [0.25, 0.3) is 0 Å². The van der Waals surface area contributed by atoms with Gasteiger partial charge in [-0.15, -0.1) is 0 Å². The van der Waals surface area contributed by atoms with E-state index in [0.717, 1.165) is 6.26 Å². The molecule has 35 heavy (non-hydrogen) atoms. The van der Waals surface area contributed by atoms with Gasteiger partial charge in [0.2, 0.25) is 21.7 Å². The molecule has 2 aromatic rings. The van der Waals surface area contributed by atoms with Crippen LogP contribution in [-0.2, 0) is 22.2 Å². The number of hydrogen-bond donors (Lipinski definition) is 0. The average Bonchev–Trinajstić information content (AvgIpc) is 3.26. The second kappa shape index (κ2) is 10.1. The van der Waals surface area contributed by atoms with Crippen LogP contribution in [0.5, 0.6) is 5.75 Å². The Morgan fingerprint density at radius 2 is 1.69 bits per heavy atom. The molecule has 2 saturated heterocycles. The summed E-state index contributed by atoms with van der Waals surface area (Å²) in [5.41, 5.74) is -1.16. The molecule has 4 rings (SSSR count). The largest absolute Gasteiger partial charge is 0.484 e. The molecular formula is C23H31F3N4O4S. The topological polar surface area (TPSA) is 88.8 Å². The van der Waals surface area contributed by atoms with E-state index in [1.54, 1.807) is 0 Å². The predicted molar refractivity (Wildman–Crippen MR) is 122 cm³/mol. The van der Waals surface area contributed by atoms with E-state index in [4.69, 9.17) is 9.26 Å². The zero-order chi connectivity index (χ0) is 25.4. The van der Waals surface area contributed by atoms with E-state index in [-0.39, 0.29) is 23.6 Å². The van der Waals surface area contributed by atoms with Gasteiger partial charge in [0.05, 0.1) is 12.8 Å². The number of aromatic nitrogens is 2. The van der Waals surface area contributed by atoms with Crippen molar-refractivity contribution in [2.45, 2.75) is 63.8 Å². The van der Waals surface area contributed by atoms with Crippen LogP contribution in [0.4, 0.5) is 13.2 Å². The molecule has 0 amide bonds. The van der Waals surface area contributed by atoms with Crippen molar-refractivity contribution in [2.24, 2.45) is 0 Å². The first kappa shape index (κ1) is 25.9. The van der Waals surface area contributed by atoms with Crippen molar-refractivity contribution >= 4 is 10.0 Å². The fourth-order valence-electron chi connectivity index (χ4n) is 4.55. The summed E-state index contributed by atoms with van der Waals surface area (Å²) in [6, 6.07) is 2.60. The lowest BCUT2D eigenvalue weighted by molar-refractivity contribution is 0.0842. The number of nitrogens with zero attached hydrogens (tertiary/aromatic N) is 4. The highest BCUT2D eigenvalue weighted by Gasteiger charge is 2.30. The minimum absolute atomic E-state index is 0.000987. The Bertz CT molecular complexity index is 1110. The van der Waals surface area contributed by atoms with Gasteiger partial charge in [-0.05, 0) is 63.1 Å². The Balaban J connectivity index is 1.31. The summed E-state index contributed by atoms with van der Waals surface area (Å²) in [6.07, 6.45) is 2.95. The first-order valence-corrected chi connectivity index (χ1v) is 13.6. The molecule has 0 N–H and O–H groups in total. The molecule has 2 aliphatic rings. The summed E-state index contributed by atoms with van der Waals surface area (Å²) < 4.78 is 79.1. The summed E-state index contributed by atoms with van der Waals surface area (Å²) in [5, 5.41) is 3.67. The van der Waals surface area contributed by atoms with E-state index >= 15 is 0 Å². The molecule has 0 radical (unpaired) electrons. The second-order valence-corrected chi connectivity index (χ2v) is 11.8. The zero-order valence-electron chi connectivity index (χ0n) is 20.1. The molecule has 194 valence electrons. The quantitative estimate of drug-likeness (QED) is 0.554. The Morgan fingerprint density at radius 1 is 1.09 bits per heavy atom. The molecule has 0 saturated carbocycles. The average molecular weight is 517 g/mol.